The first-order chi connectivity index (χ1) is 15.8. The van der Waals surface area contributed by atoms with Crippen molar-refractivity contribution in [3.05, 3.63) is 51.5 Å². The van der Waals surface area contributed by atoms with Gasteiger partial charge in [0.2, 0.25) is 0 Å². The van der Waals surface area contributed by atoms with Crippen molar-refractivity contribution in [2.24, 2.45) is 5.10 Å². The molecule has 172 valence electrons. The normalized spacial score (nSPS) is 18.6. The van der Waals surface area contributed by atoms with Gasteiger partial charge in [0.1, 0.15) is 17.2 Å². The van der Waals surface area contributed by atoms with Gasteiger partial charge in [0, 0.05) is 48.6 Å². The first-order valence-corrected chi connectivity index (χ1v) is 11.4. The molecule has 0 saturated carbocycles. The number of benzene rings is 1. The highest BCUT2D eigenvalue weighted by atomic mass is 79.9. The van der Waals surface area contributed by atoms with Gasteiger partial charge in [-0.3, -0.25) is 4.79 Å². The minimum atomic E-state index is -0.852. The van der Waals surface area contributed by atoms with Crippen LogP contribution >= 0.6 is 15.9 Å². The Morgan fingerprint density at radius 3 is 2.82 bits per heavy atom. The molecule has 0 radical (unpaired) electrons. The number of aryl methyl sites for hydroxylation is 1. The summed E-state index contributed by atoms with van der Waals surface area (Å²) >= 11 is 3.52. The van der Waals surface area contributed by atoms with Gasteiger partial charge < -0.3 is 19.9 Å². The Hall–Kier alpha value is -3.23. The van der Waals surface area contributed by atoms with E-state index < -0.39 is 11.7 Å². The number of aromatic nitrogens is 2. The van der Waals surface area contributed by atoms with E-state index in [1.54, 1.807) is 19.1 Å². The molecule has 10 nitrogen and oxygen atoms in total. The molecule has 0 unspecified atom stereocenters. The van der Waals surface area contributed by atoms with Crippen molar-refractivity contribution in [2.45, 2.75) is 38.3 Å². The first-order valence-electron chi connectivity index (χ1n) is 10.6. The standard InChI is InChI=1S/C22H24BrN7O3/c1-13(26-20(31)18-11-25-14(2)27-18)12-30-7-5-22(6-8-30)19(28-29-21(32)33-22)16-4-3-15(10-24)9-17(16)23/h3-4,9,11,13H,5-8,12H2,1-2H3,(H,25,27)(H,26,31)(H,29,32)/t13-/m0/s1. The molecular weight excluding hydrogens is 490 g/mol. The summed E-state index contributed by atoms with van der Waals surface area (Å²) in [6, 6.07) is 7.29. The lowest BCUT2D eigenvalue weighted by atomic mass is 9.82. The minimum absolute atomic E-state index is 0.0773. The van der Waals surface area contributed by atoms with Crippen molar-refractivity contribution in [3.8, 4) is 6.07 Å². The zero-order chi connectivity index (χ0) is 23.6. The number of amides is 2. The van der Waals surface area contributed by atoms with Crippen LogP contribution in [0.3, 0.4) is 0 Å². The van der Waals surface area contributed by atoms with E-state index in [0.29, 0.717) is 59.7 Å². The summed E-state index contributed by atoms with van der Waals surface area (Å²) in [4.78, 5) is 33.6. The highest BCUT2D eigenvalue weighted by Crippen LogP contribution is 2.35. The van der Waals surface area contributed by atoms with Crippen molar-refractivity contribution in [3.63, 3.8) is 0 Å². The van der Waals surface area contributed by atoms with Crippen LogP contribution < -0.4 is 10.7 Å². The largest absolute Gasteiger partial charge is 0.435 e. The number of carbonyl (C=O) groups excluding carboxylic acids is 2. The van der Waals surface area contributed by atoms with Gasteiger partial charge in [-0.2, -0.15) is 10.4 Å². The van der Waals surface area contributed by atoms with Crippen molar-refractivity contribution in [1.82, 2.24) is 25.6 Å². The van der Waals surface area contributed by atoms with Gasteiger partial charge in [-0.15, -0.1) is 0 Å². The van der Waals surface area contributed by atoms with Crippen molar-refractivity contribution >= 4 is 33.6 Å². The summed E-state index contributed by atoms with van der Waals surface area (Å²) in [6.45, 7) is 5.75. The summed E-state index contributed by atoms with van der Waals surface area (Å²) in [7, 11) is 0. The number of halogens is 1. The number of ether oxygens (including phenoxy) is 1. The van der Waals surface area contributed by atoms with Crippen molar-refractivity contribution in [1.29, 1.82) is 5.26 Å². The fraction of sp³-hybridized carbons (Fsp3) is 0.409. The summed E-state index contributed by atoms with van der Waals surface area (Å²) in [5.74, 6) is 0.501. The first kappa shape index (κ1) is 22.9. The Morgan fingerprint density at radius 1 is 1.42 bits per heavy atom. The third kappa shape index (κ3) is 4.91. The van der Waals surface area contributed by atoms with Gasteiger partial charge in [-0.25, -0.2) is 15.2 Å². The summed E-state index contributed by atoms with van der Waals surface area (Å²) in [5.41, 5.74) is 3.93. The Labute approximate surface area is 199 Å². The van der Waals surface area contributed by atoms with E-state index in [2.05, 4.69) is 52.7 Å². The van der Waals surface area contributed by atoms with Gasteiger partial charge in [0.25, 0.3) is 5.91 Å². The van der Waals surface area contributed by atoms with Gasteiger partial charge in [-0.05, 0) is 26.0 Å². The van der Waals surface area contributed by atoms with Crippen LogP contribution in [0.5, 0.6) is 0 Å². The zero-order valence-corrected chi connectivity index (χ0v) is 19.9. The molecule has 1 saturated heterocycles. The number of nitrogens with zero attached hydrogens (tertiary/aromatic N) is 4. The van der Waals surface area contributed by atoms with Gasteiger partial charge >= 0.3 is 6.09 Å². The highest BCUT2D eigenvalue weighted by Gasteiger charge is 2.46. The maximum absolute atomic E-state index is 12.4. The van der Waals surface area contributed by atoms with E-state index in [9.17, 15) is 9.59 Å². The summed E-state index contributed by atoms with van der Waals surface area (Å²) < 4.78 is 6.51. The molecule has 0 aliphatic carbocycles. The summed E-state index contributed by atoms with van der Waals surface area (Å²) in [6.07, 6.45) is 2.07. The SMILES string of the molecule is Cc1ncc(C(=O)N[C@@H](C)CN2CCC3(CC2)OC(=O)NN=C3c2ccc(C#N)cc2Br)[nH]1. The number of hydrogen-bond acceptors (Lipinski definition) is 7. The quantitative estimate of drug-likeness (QED) is 0.561. The maximum Gasteiger partial charge on any atom is 0.428 e. The number of rotatable bonds is 5. The van der Waals surface area contributed by atoms with Crippen LogP contribution in [0, 0.1) is 18.3 Å². The van der Waals surface area contributed by atoms with Gasteiger partial charge in [0.15, 0.2) is 5.60 Å². The molecule has 1 aromatic carbocycles. The number of hydrazone groups is 1. The third-order valence-electron chi connectivity index (χ3n) is 5.85. The van der Waals surface area contributed by atoms with E-state index in [1.807, 2.05) is 13.0 Å². The van der Waals surface area contributed by atoms with E-state index in [1.165, 1.54) is 6.20 Å². The molecular formula is C22H24BrN7O3. The fourth-order valence-corrected chi connectivity index (χ4v) is 4.81. The number of carbonyl (C=O) groups is 2. The Kier molecular flexibility index (Phi) is 6.49. The van der Waals surface area contributed by atoms with E-state index in [-0.39, 0.29) is 11.9 Å². The molecule has 1 fully saturated rings. The van der Waals surface area contributed by atoms with E-state index in [0.717, 1.165) is 5.56 Å². The number of imidazole rings is 1. The number of likely N-dealkylation sites (tertiary alicyclic amines) is 1. The number of aromatic amines is 1. The monoisotopic (exact) mass is 513 g/mol. The summed E-state index contributed by atoms with van der Waals surface area (Å²) in [5, 5.41) is 16.5. The Bertz CT molecular complexity index is 1150. The van der Waals surface area contributed by atoms with Crippen molar-refractivity contribution < 1.29 is 14.3 Å². The molecule has 1 aromatic heterocycles. The molecule has 33 heavy (non-hydrogen) atoms. The van der Waals surface area contributed by atoms with E-state index in [4.69, 9.17) is 10.00 Å². The number of nitriles is 1. The average molecular weight is 514 g/mol. The van der Waals surface area contributed by atoms with E-state index >= 15 is 0 Å². The lowest BCUT2D eigenvalue weighted by Gasteiger charge is -2.43. The molecule has 1 spiro atoms. The molecule has 2 aliphatic heterocycles. The smallest absolute Gasteiger partial charge is 0.428 e. The van der Waals surface area contributed by atoms with Crippen LogP contribution in [-0.2, 0) is 4.74 Å². The molecule has 3 N–H and O–H groups in total. The van der Waals surface area contributed by atoms with Gasteiger partial charge in [-0.1, -0.05) is 22.0 Å². The second-order valence-corrected chi connectivity index (χ2v) is 9.17. The average Bonchev–Trinajstić information content (AvgIpc) is 3.22. The molecule has 3 heterocycles. The number of hydrogen-bond donors (Lipinski definition) is 3. The Morgan fingerprint density at radius 2 is 2.18 bits per heavy atom. The third-order valence-corrected chi connectivity index (χ3v) is 6.51. The second-order valence-electron chi connectivity index (χ2n) is 8.32. The molecule has 11 heteroatoms. The molecule has 0 bridgehead atoms. The lowest BCUT2D eigenvalue weighted by Crippen LogP contribution is -2.57. The maximum atomic E-state index is 12.4. The molecule has 1 atom stereocenters. The molecule has 4 rings (SSSR count). The van der Waals surface area contributed by atoms with Crippen LogP contribution in [0.25, 0.3) is 0 Å². The van der Waals surface area contributed by atoms with Gasteiger partial charge in [0.05, 0.1) is 17.8 Å². The number of nitrogens with one attached hydrogen (secondary N) is 3. The predicted molar refractivity (Wildman–Crippen MR) is 124 cm³/mol. The number of H-pyrrole nitrogens is 1. The van der Waals surface area contributed by atoms with Crippen LogP contribution in [0.2, 0.25) is 0 Å². The minimum Gasteiger partial charge on any atom is -0.435 e. The predicted octanol–water partition coefficient (Wildman–Crippen LogP) is 2.45. The fourth-order valence-electron chi connectivity index (χ4n) is 4.24. The lowest BCUT2D eigenvalue weighted by molar-refractivity contribution is 0.00485. The molecule has 2 amide bonds. The second kappa shape index (κ2) is 9.33. The van der Waals surface area contributed by atoms with Crippen LogP contribution in [0.4, 0.5) is 4.79 Å². The Balaban J connectivity index is 1.42. The molecule has 2 aromatic rings. The topological polar surface area (TPSA) is 136 Å². The van der Waals surface area contributed by atoms with Crippen LogP contribution in [0.1, 0.15) is 47.2 Å². The highest BCUT2D eigenvalue weighted by molar-refractivity contribution is 9.10. The van der Waals surface area contributed by atoms with Crippen molar-refractivity contribution in [2.75, 3.05) is 19.6 Å². The zero-order valence-electron chi connectivity index (χ0n) is 18.3. The van der Waals surface area contributed by atoms with Crippen LogP contribution in [-0.4, -0.2) is 63.9 Å². The van der Waals surface area contributed by atoms with Crippen LogP contribution in [0.15, 0.2) is 34.0 Å². The number of piperidine rings is 1. The molecule has 2 aliphatic rings.